The fourth-order valence-corrected chi connectivity index (χ4v) is 2.41. The zero-order valence-electron chi connectivity index (χ0n) is 9.91. The van der Waals surface area contributed by atoms with Gasteiger partial charge < -0.3 is 5.11 Å². The van der Waals surface area contributed by atoms with Crippen LogP contribution in [0.1, 0.15) is 17.3 Å². The van der Waals surface area contributed by atoms with Crippen LogP contribution in [0.4, 0.5) is 8.78 Å². The Bertz CT molecular complexity index is 640. The molecule has 0 heterocycles. The standard InChI is InChI=1S/C11H11F2NO4S/c1-6(2)5-14-19(17,18)8-4-3-7(12)9(10(8)13)11(15)16/h3-4,14H,1,5H2,2H3,(H,15,16). The van der Waals surface area contributed by atoms with Gasteiger partial charge >= 0.3 is 5.97 Å². The van der Waals surface area contributed by atoms with Crippen LogP contribution in [0.2, 0.25) is 0 Å². The van der Waals surface area contributed by atoms with Gasteiger partial charge in [0.1, 0.15) is 16.3 Å². The maximum absolute atomic E-state index is 13.7. The minimum atomic E-state index is -4.27. The highest BCUT2D eigenvalue weighted by molar-refractivity contribution is 7.89. The normalized spacial score (nSPS) is 11.3. The number of carboxylic acids is 1. The number of carboxylic acid groups (broad SMARTS) is 1. The molecule has 2 N–H and O–H groups in total. The second-order valence-electron chi connectivity index (χ2n) is 3.82. The number of benzene rings is 1. The van der Waals surface area contributed by atoms with Crippen molar-refractivity contribution >= 4 is 16.0 Å². The summed E-state index contributed by atoms with van der Waals surface area (Å²) in [5, 5.41) is 8.65. The van der Waals surface area contributed by atoms with Gasteiger partial charge in [0.15, 0.2) is 5.82 Å². The molecule has 0 unspecified atom stereocenters. The van der Waals surface area contributed by atoms with Crippen LogP contribution in [0, 0.1) is 11.6 Å². The first kappa shape index (κ1) is 15.3. The molecule has 0 aromatic heterocycles. The van der Waals surface area contributed by atoms with E-state index in [1.807, 2.05) is 4.72 Å². The second kappa shape index (κ2) is 5.45. The van der Waals surface area contributed by atoms with Crippen molar-refractivity contribution in [2.24, 2.45) is 0 Å². The largest absolute Gasteiger partial charge is 0.477 e. The number of aromatic carboxylic acids is 1. The van der Waals surface area contributed by atoms with Crippen molar-refractivity contribution in [3.63, 3.8) is 0 Å². The van der Waals surface area contributed by atoms with Crippen molar-refractivity contribution in [1.82, 2.24) is 4.72 Å². The van der Waals surface area contributed by atoms with Crippen LogP contribution in [0.25, 0.3) is 0 Å². The van der Waals surface area contributed by atoms with E-state index in [1.165, 1.54) is 0 Å². The summed E-state index contributed by atoms with van der Waals surface area (Å²) < 4.78 is 52.4. The van der Waals surface area contributed by atoms with Gasteiger partial charge in [0.25, 0.3) is 0 Å². The van der Waals surface area contributed by atoms with Gasteiger partial charge in [-0.2, -0.15) is 0 Å². The molecule has 0 amide bonds. The van der Waals surface area contributed by atoms with Crippen LogP contribution < -0.4 is 4.72 Å². The highest BCUT2D eigenvalue weighted by Gasteiger charge is 2.26. The van der Waals surface area contributed by atoms with E-state index in [0.29, 0.717) is 17.7 Å². The number of sulfonamides is 1. The molecule has 104 valence electrons. The fraction of sp³-hybridized carbons (Fsp3) is 0.182. The Hall–Kier alpha value is -1.80. The summed E-state index contributed by atoms with van der Waals surface area (Å²) in [5.74, 6) is -4.86. The molecule has 0 aliphatic rings. The quantitative estimate of drug-likeness (QED) is 0.806. The van der Waals surface area contributed by atoms with Crippen LogP contribution in [-0.2, 0) is 10.0 Å². The van der Waals surface area contributed by atoms with E-state index in [9.17, 15) is 22.0 Å². The molecule has 8 heteroatoms. The van der Waals surface area contributed by atoms with E-state index in [1.54, 1.807) is 6.92 Å². The Morgan fingerprint density at radius 3 is 2.47 bits per heavy atom. The molecule has 0 saturated heterocycles. The van der Waals surface area contributed by atoms with Gasteiger partial charge in [-0.25, -0.2) is 26.7 Å². The van der Waals surface area contributed by atoms with E-state index < -0.39 is 38.1 Å². The van der Waals surface area contributed by atoms with Crippen molar-refractivity contribution in [2.45, 2.75) is 11.8 Å². The molecule has 1 rings (SSSR count). The Labute approximate surface area is 108 Å². The molecule has 0 aliphatic carbocycles. The summed E-state index contributed by atoms with van der Waals surface area (Å²) in [4.78, 5) is 9.75. The fourth-order valence-electron chi connectivity index (χ4n) is 1.23. The number of hydrogen-bond donors (Lipinski definition) is 2. The Morgan fingerprint density at radius 2 is 2.00 bits per heavy atom. The molecule has 0 fully saturated rings. The first-order valence-corrected chi connectivity index (χ1v) is 6.50. The monoisotopic (exact) mass is 291 g/mol. The van der Waals surface area contributed by atoms with E-state index in [2.05, 4.69) is 6.58 Å². The molecule has 0 saturated carbocycles. The van der Waals surface area contributed by atoms with Crippen molar-refractivity contribution in [1.29, 1.82) is 0 Å². The lowest BCUT2D eigenvalue weighted by Gasteiger charge is -2.09. The van der Waals surface area contributed by atoms with Gasteiger partial charge in [-0.1, -0.05) is 12.2 Å². The lowest BCUT2D eigenvalue weighted by atomic mass is 10.2. The van der Waals surface area contributed by atoms with E-state index in [-0.39, 0.29) is 6.54 Å². The maximum Gasteiger partial charge on any atom is 0.341 e. The molecule has 0 aliphatic heterocycles. The van der Waals surface area contributed by atoms with Gasteiger partial charge in [0.2, 0.25) is 10.0 Å². The molecule has 5 nitrogen and oxygen atoms in total. The smallest absolute Gasteiger partial charge is 0.341 e. The van der Waals surface area contributed by atoms with Crippen LogP contribution in [0.3, 0.4) is 0 Å². The lowest BCUT2D eigenvalue weighted by Crippen LogP contribution is -2.27. The molecule has 0 atom stereocenters. The van der Waals surface area contributed by atoms with Gasteiger partial charge in [-0.15, -0.1) is 0 Å². The highest BCUT2D eigenvalue weighted by atomic mass is 32.2. The molecule has 0 bridgehead atoms. The minimum Gasteiger partial charge on any atom is -0.477 e. The number of halogens is 2. The Balaban J connectivity index is 3.33. The third-order valence-electron chi connectivity index (χ3n) is 2.12. The van der Waals surface area contributed by atoms with E-state index >= 15 is 0 Å². The molecule has 1 aromatic carbocycles. The lowest BCUT2D eigenvalue weighted by molar-refractivity contribution is 0.0685. The topological polar surface area (TPSA) is 83.5 Å². The van der Waals surface area contributed by atoms with Crippen LogP contribution in [0.15, 0.2) is 29.2 Å². The van der Waals surface area contributed by atoms with Crippen LogP contribution in [0.5, 0.6) is 0 Å². The van der Waals surface area contributed by atoms with Crippen molar-refractivity contribution in [3.05, 3.63) is 41.5 Å². The highest BCUT2D eigenvalue weighted by Crippen LogP contribution is 2.21. The Morgan fingerprint density at radius 1 is 1.42 bits per heavy atom. The summed E-state index contributed by atoms with van der Waals surface area (Å²) >= 11 is 0. The molecular weight excluding hydrogens is 280 g/mol. The third kappa shape index (κ3) is 3.36. The van der Waals surface area contributed by atoms with Crippen molar-refractivity contribution < 1.29 is 27.1 Å². The molecular formula is C11H11F2NO4S. The number of nitrogens with one attached hydrogen (secondary N) is 1. The number of rotatable bonds is 5. The minimum absolute atomic E-state index is 0.137. The molecule has 19 heavy (non-hydrogen) atoms. The van der Waals surface area contributed by atoms with Gasteiger partial charge in [0, 0.05) is 6.54 Å². The molecule has 0 spiro atoms. The summed E-state index contributed by atoms with van der Waals surface area (Å²) in [5.41, 5.74) is -0.831. The summed E-state index contributed by atoms with van der Waals surface area (Å²) in [6.07, 6.45) is 0. The zero-order valence-corrected chi connectivity index (χ0v) is 10.7. The van der Waals surface area contributed by atoms with Gasteiger partial charge in [-0.3, -0.25) is 0 Å². The van der Waals surface area contributed by atoms with Crippen LogP contribution >= 0.6 is 0 Å². The van der Waals surface area contributed by atoms with Gasteiger partial charge in [-0.05, 0) is 19.1 Å². The third-order valence-corrected chi connectivity index (χ3v) is 3.54. The predicted molar refractivity (Wildman–Crippen MR) is 63.3 cm³/mol. The summed E-state index contributed by atoms with van der Waals surface area (Å²) in [7, 11) is -4.27. The zero-order chi connectivity index (χ0) is 14.8. The average molecular weight is 291 g/mol. The number of hydrogen-bond acceptors (Lipinski definition) is 3. The summed E-state index contributed by atoms with van der Waals surface area (Å²) in [6, 6.07) is 1.25. The van der Waals surface area contributed by atoms with Gasteiger partial charge in [0.05, 0.1) is 0 Å². The second-order valence-corrected chi connectivity index (χ2v) is 5.56. The summed E-state index contributed by atoms with van der Waals surface area (Å²) in [6.45, 7) is 4.87. The first-order valence-electron chi connectivity index (χ1n) is 5.02. The van der Waals surface area contributed by atoms with Crippen LogP contribution in [-0.4, -0.2) is 26.0 Å². The number of carbonyl (C=O) groups is 1. The molecule has 1 aromatic rings. The first-order chi connectivity index (χ1) is 8.66. The SMILES string of the molecule is C=C(C)CNS(=O)(=O)c1ccc(F)c(C(=O)O)c1F. The molecule has 0 radical (unpaired) electrons. The van der Waals surface area contributed by atoms with Crippen molar-refractivity contribution in [3.8, 4) is 0 Å². The van der Waals surface area contributed by atoms with Crippen molar-refractivity contribution in [2.75, 3.05) is 6.54 Å². The van der Waals surface area contributed by atoms with E-state index in [0.717, 1.165) is 0 Å². The van der Waals surface area contributed by atoms with E-state index in [4.69, 9.17) is 5.11 Å². The Kier molecular flexibility index (Phi) is 4.38. The maximum atomic E-state index is 13.7. The predicted octanol–water partition coefficient (Wildman–Crippen LogP) is 1.52. The average Bonchev–Trinajstić information content (AvgIpc) is 2.25.